The lowest BCUT2D eigenvalue weighted by atomic mass is 10.0. The van der Waals surface area contributed by atoms with Gasteiger partial charge in [-0.3, -0.25) is 10.6 Å². The van der Waals surface area contributed by atoms with Gasteiger partial charge in [-0.15, -0.1) is 0 Å². The first-order valence-corrected chi connectivity index (χ1v) is 6.76. The molecule has 1 saturated heterocycles. The molecule has 0 bridgehead atoms. The highest BCUT2D eigenvalue weighted by Gasteiger charge is 2.19. The molecule has 4 N–H and O–H groups in total. The molecule has 2 rings (SSSR count). The minimum atomic E-state index is -0.0254. The average Bonchev–Trinajstić information content (AvgIpc) is 2.46. The molecule has 1 unspecified atom stereocenters. The van der Waals surface area contributed by atoms with Crippen LogP contribution in [0.25, 0.3) is 0 Å². The molecule has 1 aromatic carbocycles. The molecule has 5 heteroatoms. The van der Waals surface area contributed by atoms with Crippen LogP contribution in [0.15, 0.2) is 24.3 Å². The summed E-state index contributed by atoms with van der Waals surface area (Å²) >= 11 is 0. The minimum absolute atomic E-state index is 0.0254. The molecule has 0 aliphatic carbocycles. The third kappa shape index (κ3) is 3.68. The molecule has 1 aromatic rings. The molecule has 104 valence electrons. The highest BCUT2D eigenvalue weighted by atomic mass is 16.1. The van der Waals surface area contributed by atoms with Crippen molar-refractivity contribution >= 4 is 11.6 Å². The molecule has 5 nitrogen and oxygen atoms in total. The second-order valence-corrected chi connectivity index (χ2v) is 5.06. The molecule has 1 aliphatic rings. The van der Waals surface area contributed by atoms with Crippen molar-refractivity contribution < 1.29 is 4.79 Å². The molecular weight excluding hydrogens is 240 g/mol. The first-order valence-electron chi connectivity index (χ1n) is 6.76. The summed E-state index contributed by atoms with van der Waals surface area (Å²) in [6.07, 6.45) is 3.67. The van der Waals surface area contributed by atoms with Gasteiger partial charge in [0.25, 0.3) is 5.91 Å². The van der Waals surface area contributed by atoms with Crippen LogP contribution in [-0.2, 0) is 0 Å². The van der Waals surface area contributed by atoms with E-state index in [0.29, 0.717) is 18.2 Å². The number of nitrogens with zero attached hydrogens (tertiary/aromatic N) is 1. The van der Waals surface area contributed by atoms with Crippen molar-refractivity contribution in [1.29, 1.82) is 0 Å². The zero-order valence-electron chi connectivity index (χ0n) is 11.4. The van der Waals surface area contributed by atoms with E-state index in [1.165, 1.54) is 12.8 Å². The summed E-state index contributed by atoms with van der Waals surface area (Å²) in [4.78, 5) is 14.3. The van der Waals surface area contributed by atoms with Gasteiger partial charge in [0, 0.05) is 23.8 Å². The second kappa shape index (κ2) is 6.54. The lowest BCUT2D eigenvalue weighted by molar-refractivity contribution is 0.0928. The molecule has 1 atom stereocenters. The summed E-state index contributed by atoms with van der Waals surface area (Å²) < 4.78 is 0. The first kappa shape index (κ1) is 13.8. The smallest absolute Gasteiger partial charge is 0.251 e. The zero-order chi connectivity index (χ0) is 13.7. The number of amides is 1. The van der Waals surface area contributed by atoms with Gasteiger partial charge in [0.2, 0.25) is 0 Å². The second-order valence-electron chi connectivity index (χ2n) is 5.06. The van der Waals surface area contributed by atoms with Crippen molar-refractivity contribution in [3.8, 4) is 0 Å². The van der Waals surface area contributed by atoms with E-state index in [-0.39, 0.29) is 5.91 Å². The van der Waals surface area contributed by atoms with E-state index in [1.54, 1.807) is 24.3 Å². The van der Waals surface area contributed by atoms with E-state index in [4.69, 9.17) is 5.84 Å². The molecule has 1 fully saturated rings. The summed E-state index contributed by atoms with van der Waals surface area (Å²) in [5.74, 6) is 5.27. The Bertz CT molecular complexity index is 418. The normalized spacial score (nSPS) is 20.0. The van der Waals surface area contributed by atoms with Crippen molar-refractivity contribution in [2.75, 3.05) is 25.6 Å². The number of nitrogens with two attached hydrogens (primary N) is 1. The van der Waals surface area contributed by atoms with Gasteiger partial charge in [-0.1, -0.05) is 6.42 Å². The van der Waals surface area contributed by atoms with Gasteiger partial charge in [0.05, 0.1) is 0 Å². The van der Waals surface area contributed by atoms with Crippen LogP contribution in [0.2, 0.25) is 0 Å². The summed E-state index contributed by atoms with van der Waals surface area (Å²) in [5, 5.41) is 3.00. The third-order valence-corrected chi connectivity index (χ3v) is 3.73. The molecule has 1 aliphatic heterocycles. The fraction of sp³-hybridized carbons (Fsp3) is 0.500. The maximum Gasteiger partial charge on any atom is 0.251 e. The monoisotopic (exact) mass is 262 g/mol. The standard InChI is InChI=1S/C14H22N4O/c1-18-9-3-2-4-13(18)10-16-14(19)11-5-7-12(17-15)8-6-11/h5-8,13,17H,2-4,9-10,15H2,1H3,(H,16,19). The van der Waals surface area contributed by atoms with Crippen LogP contribution >= 0.6 is 0 Å². The zero-order valence-corrected chi connectivity index (χ0v) is 11.4. The number of rotatable bonds is 4. The van der Waals surface area contributed by atoms with Gasteiger partial charge in [-0.25, -0.2) is 0 Å². The Hall–Kier alpha value is -1.59. The Kier molecular flexibility index (Phi) is 4.76. The maximum absolute atomic E-state index is 12.0. The predicted molar refractivity (Wildman–Crippen MR) is 76.9 cm³/mol. The van der Waals surface area contributed by atoms with E-state index in [0.717, 1.165) is 18.7 Å². The largest absolute Gasteiger partial charge is 0.350 e. The third-order valence-electron chi connectivity index (χ3n) is 3.73. The number of hydrogen-bond donors (Lipinski definition) is 3. The van der Waals surface area contributed by atoms with Gasteiger partial charge in [0.1, 0.15) is 0 Å². The van der Waals surface area contributed by atoms with Crippen molar-refractivity contribution in [1.82, 2.24) is 10.2 Å². The van der Waals surface area contributed by atoms with Crippen LogP contribution in [0, 0.1) is 0 Å². The highest BCUT2D eigenvalue weighted by Crippen LogP contribution is 2.14. The topological polar surface area (TPSA) is 70.4 Å². The van der Waals surface area contributed by atoms with E-state index >= 15 is 0 Å². The van der Waals surface area contributed by atoms with Crippen LogP contribution in [0.4, 0.5) is 5.69 Å². The lowest BCUT2D eigenvalue weighted by Crippen LogP contribution is -2.44. The van der Waals surface area contributed by atoms with Gasteiger partial charge >= 0.3 is 0 Å². The molecular formula is C14H22N4O. The van der Waals surface area contributed by atoms with E-state index < -0.39 is 0 Å². The molecule has 19 heavy (non-hydrogen) atoms. The number of carbonyl (C=O) groups is 1. The number of hydrazine groups is 1. The number of carbonyl (C=O) groups excluding carboxylic acids is 1. The number of benzene rings is 1. The van der Waals surface area contributed by atoms with E-state index in [2.05, 4.69) is 22.7 Å². The number of likely N-dealkylation sites (N-methyl/N-ethyl adjacent to an activating group) is 1. The lowest BCUT2D eigenvalue weighted by Gasteiger charge is -2.32. The van der Waals surface area contributed by atoms with Crippen molar-refractivity contribution in [2.24, 2.45) is 5.84 Å². The Labute approximate surface area is 114 Å². The van der Waals surface area contributed by atoms with Gasteiger partial charge in [-0.2, -0.15) is 0 Å². The van der Waals surface area contributed by atoms with Crippen LogP contribution < -0.4 is 16.6 Å². The molecule has 0 saturated carbocycles. The highest BCUT2D eigenvalue weighted by molar-refractivity contribution is 5.94. The Balaban J connectivity index is 1.86. The van der Waals surface area contributed by atoms with Gasteiger partial charge in [-0.05, 0) is 50.7 Å². The van der Waals surface area contributed by atoms with Crippen molar-refractivity contribution in [2.45, 2.75) is 25.3 Å². The summed E-state index contributed by atoms with van der Waals surface area (Å²) in [6, 6.07) is 7.59. The number of nitrogen functional groups attached to an aromatic ring is 1. The van der Waals surface area contributed by atoms with Crippen LogP contribution in [0.3, 0.4) is 0 Å². The Morgan fingerprint density at radius 2 is 2.11 bits per heavy atom. The van der Waals surface area contributed by atoms with Crippen LogP contribution in [0.1, 0.15) is 29.6 Å². The van der Waals surface area contributed by atoms with Crippen LogP contribution in [0.5, 0.6) is 0 Å². The van der Waals surface area contributed by atoms with Gasteiger partial charge < -0.3 is 15.6 Å². The average molecular weight is 262 g/mol. The number of hydrogen-bond acceptors (Lipinski definition) is 4. The van der Waals surface area contributed by atoms with E-state index in [9.17, 15) is 4.79 Å². The number of anilines is 1. The number of piperidine rings is 1. The summed E-state index contributed by atoms with van der Waals surface area (Å²) in [6.45, 7) is 1.84. The van der Waals surface area contributed by atoms with Crippen LogP contribution in [-0.4, -0.2) is 37.0 Å². The molecule has 1 amide bonds. The molecule has 1 heterocycles. The summed E-state index contributed by atoms with van der Waals surface area (Å²) in [5.41, 5.74) is 4.00. The fourth-order valence-electron chi connectivity index (χ4n) is 2.43. The first-order chi connectivity index (χ1) is 9.20. The number of nitrogens with one attached hydrogen (secondary N) is 2. The maximum atomic E-state index is 12.0. The minimum Gasteiger partial charge on any atom is -0.350 e. The summed E-state index contributed by atoms with van der Waals surface area (Å²) in [7, 11) is 2.12. The van der Waals surface area contributed by atoms with Crippen molar-refractivity contribution in [3.05, 3.63) is 29.8 Å². The fourth-order valence-corrected chi connectivity index (χ4v) is 2.43. The van der Waals surface area contributed by atoms with E-state index in [1.807, 2.05) is 0 Å². The quantitative estimate of drug-likeness (QED) is 0.563. The predicted octanol–water partition coefficient (Wildman–Crippen LogP) is 1.19. The molecule has 0 radical (unpaired) electrons. The van der Waals surface area contributed by atoms with Gasteiger partial charge in [0.15, 0.2) is 0 Å². The number of likely N-dealkylation sites (tertiary alicyclic amines) is 1. The van der Waals surface area contributed by atoms with Crippen molar-refractivity contribution in [3.63, 3.8) is 0 Å². The molecule has 0 aromatic heterocycles. The SMILES string of the molecule is CN1CCCCC1CNC(=O)c1ccc(NN)cc1. The Morgan fingerprint density at radius 1 is 1.37 bits per heavy atom. The Morgan fingerprint density at radius 3 is 2.74 bits per heavy atom. The molecule has 0 spiro atoms.